The maximum Gasteiger partial charge on any atom is 0.102 e. The van der Waals surface area contributed by atoms with Crippen LogP contribution in [0.25, 0.3) is 10.8 Å². The maximum atomic E-state index is 9.04. The minimum atomic E-state index is 0.612. The summed E-state index contributed by atoms with van der Waals surface area (Å²) in [6, 6.07) is 9.98. The number of rotatable bonds is 1. The van der Waals surface area contributed by atoms with E-state index in [4.69, 9.17) is 5.26 Å². The molecule has 0 N–H and O–H groups in total. The fourth-order valence-corrected chi connectivity index (χ4v) is 1.86. The molecule has 0 radical (unpaired) electrons. The zero-order valence-electron chi connectivity index (χ0n) is 7.37. The average Bonchev–Trinajstić information content (AvgIpc) is 2.27. The van der Waals surface area contributed by atoms with Crippen LogP contribution < -0.4 is 0 Å². The molecule has 1 aromatic carbocycles. The summed E-state index contributed by atoms with van der Waals surface area (Å²) >= 11 is 3.32. The van der Waals surface area contributed by atoms with Crippen molar-refractivity contribution in [2.45, 2.75) is 5.33 Å². The smallest absolute Gasteiger partial charge is 0.102 e. The standard InChI is InChI=1S/C11H7BrN2/c12-5-11-10(6-13)9-4-2-1-3-8(9)7-14-11/h1-4,7H,5H2. The topological polar surface area (TPSA) is 36.7 Å². The van der Waals surface area contributed by atoms with Gasteiger partial charge in [-0.1, -0.05) is 40.2 Å². The van der Waals surface area contributed by atoms with Crippen LogP contribution in [0, 0.1) is 11.3 Å². The van der Waals surface area contributed by atoms with Crippen molar-refractivity contribution in [3.8, 4) is 6.07 Å². The quantitative estimate of drug-likeness (QED) is 0.726. The lowest BCUT2D eigenvalue weighted by Gasteiger charge is -2.02. The largest absolute Gasteiger partial charge is 0.258 e. The first-order valence-corrected chi connectivity index (χ1v) is 5.31. The van der Waals surface area contributed by atoms with Crippen LogP contribution in [-0.4, -0.2) is 4.98 Å². The normalized spacial score (nSPS) is 10.0. The highest BCUT2D eigenvalue weighted by atomic mass is 79.9. The molecule has 68 valence electrons. The Morgan fingerprint density at radius 3 is 2.86 bits per heavy atom. The molecule has 2 rings (SSSR count). The van der Waals surface area contributed by atoms with Gasteiger partial charge in [0.05, 0.1) is 11.3 Å². The van der Waals surface area contributed by atoms with Gasteiger partial charge in [-0.15, -0.1) is 0 Å². The zero-order chi connectivity index (χ0) is 9.97. The molecule has 0 spiro atoms. The Morgan fingerprint density at radius 2 is 2.14 bits per heavy atom. The van der Waals surface area contributed by atoms with Crippen LogP contribution in [0.2, 0.25) is 0 Å². The second-order valence-corrected chi connectivity index (χ2v) is 3.47. The molecule has 0 aliphatic heterocycles. The van der Waals surface area contributed by atoms with Gasteiger partial charge >= 0.3 is 0 Å². The first-order valence-electron chi connectivity index (χ1n) is 4.19. The van der Waals surface area contributed by atoms with Gasteiger partial charge in [-0.25, -0.2) is 0 Å². The molecule has 2 aromatic rings. The van der Waals surface area contributed by atoms with E-state index in [9.17, 15) is 0 Å². The Balaban J connectivity index is 2.85. The second-order valence-electron chi connectivity index (χ2n) is 2.91. The summed E-state index contributed by atoms with van der Waals surface area (Å²) < 4.78 is 0. The average molecular weight is 247 g/mol. The van der Waals surface area contributed by atoms with E-state index < -0.39 is 0 Å². The molecule has 0 bridgehead atoms. The highest BCUT2D eigenvalue weighted by molar-refractivity contribution is 9.08. The number of nitrogens with zero attached hydrogens (tertiary/aromatic N) is 2. The highest BCUT2D eigenvalue weighted by Crippen LogP contribution is 2.20. The number of fused-ring (bicyclic) bond motifs is 1. The summed E-state index contributed by atoms with van der Waals surface area (Å²) in [6.07, 6.45) is 1.80. The van der Waals surface area contributed by atoms with E-state index in [1.165, 1.54) is 0 Å². The molecule has 0 amide bonds. The van der Waals surface area contributed by atoms with Gasteiger partial charge in [0, 0.05) is 22.3 Å². The summed E-state index contributed by atoms with van der Waals surface area (Å²) in [7, 11) is 0. The number of hydrogen-bond acceptors (Lipinski definition) is 2. The van der Waals surface area contributed by atoms with Gasteiger partial charge in [-0.2, -0.15) is 5.26 Å². The molecule has 14 heavy (non-hydrogen) atoms. The van der Waals surface area contributed by atoms with Gasteiger partial charge < -0.3 is 0 Å². The number of aromatic nitrogens is 1. The fourth-order valence-electron chi connectivity index (χ4n) is 1.43. The number of alkyl halides is 1. The van der Waals surface area contributed by atoms with E-state index in [2.05, 4.69) is 27.0 Å². The fraction of sp³-hybridized carbons (Fsp3) is 0.0909. The Kier molecular flexibility index (Phi) is 2.47. The van der Waals surface area contributed by atoms with E-state index in [1.54, 1.807) is 6.20 Å². The third-order valence-electron chi connectivity index (χ3n) is 2.12. The summed E-state index contributed by atoms with van der Waals surface area (Å²) in [5.74, 6) is 0. The molecule has 0 atom stereocenters. The maximum absolute atomic E-state index is 9.04. The Labute approximate surface area is 90.3 Å². The number of hydrogen-bond donors (Lipinski definition) is 0. The predicted octanol–water partition coefficient (Wildman–Crippen LogP) is 3.00. The van der Waals surface area contributed by atoms with Gasteiger partial charge in [-0.05, 0) is 0 Å². The molecule has 1 heterocycles. The van der Waals surface area contributed by atoms with Crippen LogP contribution in [-0.2, 0) is 5.33 Å². The van der Waals surface area contributed by atoms with E-state index in [0.717, 1.165) is 16.5 Å². The molecule has 0 aliphatic rings. The monoisotopic (exact) mass is 246 g/mol. The molecular formula is C11H7BrN2. The van der Waals surface area contributed by atoms with Crippen LogP contribution >= 0.6 is 15.9 Å². The van der Waals surface area contributed by atoms with Crippen LogP contribution in [0.3, 0.4) is 0 Å². The summed E-state index contributed by atoms with van der Waals surface area (Å²) in [4.78, 5) is 4.23. The van der Waals surface area contributed by atoms with Crippen molar-refractivity contribution in [1.82, 2.24) is 4.98 Å². The number of pyridine rings is 1. The van der Waals surface area contributed by atoms with Crippen LogP contribution in [0.4, 0.5) is 0 Å². The lowest BCUT2D eigenvalue weighted by molar-refractivity contribution is 1.19. The van der Waals surface area contributed by atoms with Crippen LogP contribution in [0.15, 0.2) is 30.5 Å². The third-order valence-corrected chi connectivity index (χ3v) is 2.65. The summed E-state index contributed by atoms with van der Waals surface area (Å²) in [5, 5.41) is 11.6. The van der Waals surface area contributed by atoms with E-state index in [0.29, 0.717) is 10.9 Å². The van der Waals surface area contributed by atoms with E-state index in [-0.39, 0.29) is 0 Å². The van der Waals surface area contributed by atoms with Gasteiger partial charge in [0.2, 0.25) is 0 Å². The van der Waals surface area contributed by atoms with Gasteiger partial charge in [0.1, 0.15) is 6.07 Å². The molecule has 2 nitrogen and oxygen atoms in total. The molecule has 3 heteroatoms. The third kappa shape index (κ3) is 1.38. The molecule has 1 aromatic heterocycles. The van der Waals surface area contributed by atoms with E-state index >= 15 is 0 Å². The van der Waals surface area contributed by atoms with Crippen LogP contribution in [0.5, 0.6) is 0 Å². The minimum Gasteiger partial charge on any atom is -0.258 e. The lowest BCUT2D eigenvalue weighted by Crippen LogP contribution is -1.92. The Morgan fingerprint density at radius 1 is 1.36 bits per heavy atom. The van der Waals surface area contributed by atoms with Crippen molar-refractivity contribution in [3.63, 3.8) is 0 Å². The Hall–Kier alpha value is -1.40. The summed E-state index contributed by atoms with van der Waals surface area (Å²) in [5.41, 5.74) is 1.46. The van der Waals surface area contributed by atoms with Crippen molar-refractivity contribution in [2.75, 3.05) is 0 Å². The van der Waals surface area contributed by atoms with Gasteiger partial charge in [0.25, 0.3) is 0 Å². The van der Waals surface area contributed by atoms with Crippen molar-refractivity contribution in [1.29, 1.82) is 5.26 Å². The first kappa shape index (κ1) is 9.17. The van der Waals surface area contributed by atoms with Crippen molar-refractivity contribution in [2.24, 2.45) is 0 Å². The molecule has 0 saturated carbocycles. The number of benzene rings is 1. The van der Waals surface area contributed by atoms with Crippen molar-refractivity contribution >= 4 is 26.7 Å². The molecular weight excluding hydrogens is 240 g/mol. The number of halogens is 1. The lowest BCUT2D eigenvalue weighted by atomic mass is 10.1. The minimum absolute atomic E-state index is 0.612. The summed E-state index contributed by atoms with van der Waals surface area (Å²) in [6.45, 7) is 0. The molecule has 0 fully saturated rings. The van der Waals surface area contributed by atoms with Crippen LogP contribution in [0.1, 0.15) is 11.3 Å². The number of nitriles is 1. The Bertz CT molecular complexity index is 514. The van der Waals surface area contributed by atoms with E-state index in [1.807, 2.05) is 24.3 Å². The SMILES string of the molecule is N#Cc1c(CBr)ncc2ccccc12. The van der Waals surface area contributed by atoms with Gasteiger partial charge in [0.15, 0.2) is 0 Å². The van der Waals surface area contributed by atoms with Crippen molar-refractivity contribution in [3.05, 3.63) is 41.7 Å². The van der Waals surface area contributed by atoms with Crippen molar-refractivity contribution < 1.29 is 0 Å². The molecule has 0 unspecified atom stereocenters. The molecule has 0 saturated heterocycles. The predicted molar refractivity (Wildman–Crippen MR) is 59.1 cm³/mol. The first-order chi connectivity index (χ1) is 6.86. The second kappa shape index (κ2) is 3.77. The molecule has 0 aliphatic carbocycles. The van der Waals surface area contributed by atoms with Gasteiger partial charge in [-0.3, -0.25) is 4.98 Å². The highest BCUT2D eigenvalue weighted by Gasteiger charge is 2.06. The zero-order valence-corrected chi connectivity index (χ0v) is 8.95.